The molecular formula is C24H27F3N6O. The van der Waals surface area contributed by atoms with Gasteiger partial charge in [-0.1, -0.05) is 18.2 Å². The minimum Gasteiger partial charge on any atom is -0.365 e. The highest BCUT2D eigenvalue weighted by Gasteiger charge is 2.32. The van der Waals surface area contributed by atoms with Gasteiger partial charge in [0, 0.05) is 51.4 Å². The maximum Gasteiger partial charge on any atom is 0.275 e. The fourth-order valence-electron chi connectivity index (χ4n) is 4.63. The molecule has 3 aromatic rings. The van der Waals surface area contributed by atoms with E-state index in [2.05, 4.69) is 25.1 Å². The summed E-state index contributed by atoms with van der Waals surface area (Å²) in [7, 11) is 1.68. The van der Waals surface area contributed by atoms with Crippen molar-refractivity contribution in [2.75, 3.05) is 36.4 Å². The number of alkyl halides is 2. The van der Waals surface area contributed by atoms with Gasteiger partial charge in [-0.05, 0) is 25.8 Å². The summed E-state index contributed by atoms with van der Waals surface area (Å²) in [6, 6.07) is 6.44. The molecule has 2 aromatic heterocycles. The van der Waals surface area contributed by atoms with Crippen LogP contribution in [0, 0.1) is 12.7 Å². The van der Waals surface area contributed by atoms with Crippen LogP contribution in [0.3, 0.4) is 0 Å². The Labute approximate surface area is 195 Å². The number of hydrogen-bond acceptors (Lipinski definition) is 6. The lowest BCUT2D eigenvalue weighted by molar-refractivity contribution is 0.146. The number of anilines is 2. The van der Waals surface area contributed by atoms with E-state index in [0.717, 1.165) is 32.2 Å². The lowest BCUT2D eigenvalue weighted by atomic mass is 10.1. The number of nitrogens with zero attached hydrogens (tertiary/aromatic N) is 5. The van der Waals surface area contributed by atoms with E-state index in [4.69, 9.17) is 0 Å². The van der Waals surface area contributed by atoms with Crippen molar-refractivity contribution in [1.29, 1.82) is 0 Å². The molecule has 1 saturated heterocycles. The molecule has 1 aliphatic carbocycles. The van der Waals surface area contributed by atoms with E-state index in [-0.39, 0.29) is 17.7 Å². The Morgan fingerprint density at radius 2 is 1.88 bits per heavy atom. The fraction of sp³-hybridized carbons (Fsp3) is 0.458. The Balaban J connectivity index is 1.47. The maximum atomic E-state index is 14.5. The molecule has 0 atom stereocenters. The van der Waals surface area contributed by atoms with Crippen LogP contribution in [-0.2, 0) is 13.6 Å². The number of aromatic nitrogens is 3. The summed E-state index contributed by atoms with van der Waals surface area (Å²) in [4.78, 5) is 26.7. The predicted octanol–water partition coefficient (Wildman–Crippen LogP) is 3.61. The molecule has 3 heterocycles. The third-order valence-electron chi connectivity index (χ3n) is 6.67. The van der Waals surface area contributed by atoms with Crippen LogP contribution in [0.2, 0.25) is 0 Å². The molecule has 0 amide bonds. The number of hydrogen-bond donors (Lipinski definition) is 1. The van der Waals surface area contributed by atoms with E-state index in [1.165, 1.54) is 29.5 Å². The molecular weight excluding hydrogens is 445 g/mol. The van der Waals surface area contributed by atoms with Crippen LogP contribution in [-0.4, -0.2) is 51.7 Å². The summed E-state index contributed by atoms with van der Waals surface area (Å²) >= 11 is 0. The zero-order valence-electron chi connectivity index (χ0n) is 19.2. The van der Waals surface area contributed by atoms with Crippen molar-refractivity contribution in [3.05, 3.63) is 57.4 Å². The Morgan fingerprint density at radius 3 is 2.56 bits per heavy atom. The van der Waals surface area contributed by atoms with Crippen LogP contribution in [0.5, 0.6) is 0 Å². The van der Waals surface area contributed by atoms with Crippen LogP contribution >= 0.6 is 0 Å². The first-order valence-electron chi connectivity index (χ1n) is 11.5. The first kappa shape index (κ1) is 22.6. The minimum atomic E-state index is -2.89. The molecule has 180 valence electrons. The third kappa shape index (κ3) is 4.22. The fourth-order valence-corrected chi connectivity index (χ4v) is 4.63. The first-order valence-corrected chi connectivity index (χ1v) is 11.5. The Hall–Kier alpha value is -3.14. The molecule has 2 fully saturated rings. The van der Waals surface area contributed by atoms with Crippen LogP contribution in [0.4, 0.5) is 24.7 Å². The standard InChI is InChI=1S/C24H27F3N6O/c1-14-29-22(28-13-15-4-3-5-17(20(15)25)21(26)27)18-12-19(24(34)31(2)23(18)30-14)33-10-8-32(9-11-33)16-6-7-16/h3-5,12,16,21H,6-11,13H2,1-2H3,(H,28,29,30). The van der Waals surface area contributed by atoms with Gasteiger partial charge in [-0.2, -0.15) is 0 Å². The molecule has 0 unspecified atom stereocenters. The molecule has 0 radical (unpaired) electrons. The van der Waals surface area contributed by atoms with E-state index in [0.29, 0.717) is 34.4 Å². The summed E-state index contributed by atoms with van der Waals surface area (Å²) in [6.45, 7) is 5.03. The van der Waals surface area contributed by atoms with Gasteiger partial charge in [0.15, 0.2) is 0 Å². The van der Waals surface area contributed by atoms with Gasteiger partial charge in [0.05, 0.1) is 10.9 Å². The number of pyridine rings is 1. The molecule has 5 rings (SSSR count). The predicted molar refractivity (Wildman–Crippen MR) is 125 cm³/mol. The molecule has 1 saturated carbocycles. The second-order valence-electron chi connectivity index (χ2n) is 8.98. The van der Waals surface area contributed by atoms with Crippen molar-refractivity contribution in [1.82, 2.24) is 19.4 Å². The summed E-state index contributed by atoms with van der Waals surface area (Å²) < 4.78 is 42.2. The summed E-state index contributed by atoms with van der Waals surface area (Å²) in [5, 5.41) is 3.70. The van der Waals surface area contributed by atoms with Gasteiger partial charge >= 0.3 is 0 Å². The Bertz CT molecular complexity index is 1280. The lowest BCUT2D eigenvalue weighted by Crippen LogP contribution is -2.48. The number of piperazine rings is 1. The van der Waals surface area contributed by atoms with Gasteiger partial charge in [0.2, 0.25) is 0 Å². The van der Waals surface area contributed by atoms with Crippen molar-refractivity contribution >= 4 is 22.5 Å². The van der Waals surface area contributed by atoms with Crippen LogP contribution < -0.4 is 15.8 Å². The smallest absolute Gasteiger partial charge is 0.275 e. The average Bonchev–Trinajstić information content (AvgIpc) is 3.66. The Morgan fingerprint density at radius 1 is 1.15 bits per heavy atom. The maximum absolute atomic E-state index is 14.5. The number of fused-ring (bicyclic) bond motifs is 1. The first-order chi connectivity index (χ1) is 16.3. The van der Waals surface area contributed by atoms with E-state index in [9.17, 15) is 18.0 Å². The van der Waals surface area contributed by atoms with Crippen molar-refractivity contribution in [2.45, 2.75) is 38.8 Å². The van der Waals surface area contributed by atoms with Gasteiger partial charge in [-0.15, -0.1) is 0 Å². The molecule has 1 aromatic carbocycles. The number of benzene rings is 1. The zero-order valence-corrected chi connectivity index (χ0v) is 19.2. The largest absolute Gasteiger partial charge is 0.365 e. The van der Waals surface area contributed by atoms with Crippen LogP contribution in [0.25, 0.3) is 11.0 Å². The lowest BCUT2D eigenvalue weighted by Gasteiger charge is -2.36. The number of rotatable bonds is 6. The monoisotopic (exact) mass is 472 g/mol. The molecule has 1 aliphatic heterocycles. The van der Waals surface area contributed by atoms with Gasteiger partial charge < -0.3 is 10.2 Å². The second-order valence-corrected chi connectivity index (χ2v) is 8.98. The van der Waals surface area contributed by atoms with Gasteiger partial charge in [-0.3, -0.25) is 14.3 Å². The van der Waals surface area contributed by atoms with Crippen LogP contribution in [0.15, 0.2) is 29.1 Å². The minimum absolute atomic E-state index is 0.0316. The second kappa shape index (κ2) is 8.90. The molecule has 34 heavy (non-hydrogen) atoms. The summed E-state index contributed by atoms with van der Waals surface area (Å²) in [6.07, 6.45) is -0.381. The third-order valence-corrected chi connectivity index (χ3v) is 6.67. The number of halogens is 3. The molecule has 10 heteroatoms. The topological polar surface area (TPSA) is 66.3 Å². The van der Waals surface area contributed by atoms with E-state index >= 15 is 0 Å². The van der Waals surface area contributed by atoms with E-state index < -0.39 is 17.8 Å². The van der Waals surface area contributed by atoms with Gasteiger partial charge in [-0.25, -0.2) is 23.1 Å². The quantitative estimate of drug-likeness (QED) is 0.591. The average molecular weight is 473 g/mol. The highest BCUT2D eigenvalue weighted by Crippen LogP contribution is 2.30. The highest BCUT2D eigenvalue weighted by molar-refractivity contribution is 5.89. The summed E-state index contributed by atoms with van der Waals surface area (Å²) in [5.74, 6) is -0.0582. The normalized spacial score (nSPS) is 17.1. The molecule has 2 aliphatic rings. The van der Waals surface area contributed by atoms with E-state index in [1.807, 2.05) is 0 Å². The Kier molecular flexibility index (Phi) is 5.93. The molecule has 0 bridgehead atoms. The van der Waals surface area contributed by atoms with Crippen LogP contribution in [0.1, 0.15) is 36.2 Å². The number of aryl methyl sites for hydroxylation is 2. The van der Waals surface area contributed by atoms with E-state index in [1.54, 1.807) is 20.0 Å². The SMILES string of the molecule is Cc1nc(NCc2cccc(C(F)F)c2F)c2cc(N3CCN(C4CC4)CC3)c(=O)n(C)c2n1. The highest BCUT2D eigenvalue weighted by atomic mass is 19.3. The zero-order chi connectivity index (χ0) is 24.0. The summed E-state index contributed by atoms with van der Waals surface area (Å²) in [5.41, 5.74) is 0.391. The van der Waals surface area contributed by atoms with Crippen molar-refractivity contribution < 1.29 is 13.2 Å². The van der Waals surface area contributed by atoms with Crippen molar-refractivity contribution in [2.24, 2.45) is 7.05 Å². The number of nitrogens with one attached hydrogen (secondary N) is 1. The molecule has 1 N–H and O–H groups in total. The van der Waals surface area contributed by atoms with Gasteiger partial charge in [0.1, 0.15) is 28.8 Å². The molecule has 7 nitrogen and oxygen atoms in total. The van der Waals surface area contributed by atoms with Crippen molar-refractivity contribution in [3.63, 3.8) is 0 Å². The molecule has 0 spiro atoms. The van der Waals surface area contributed by atoms with Gasteiger partial charge in [0.25, 0.3) is 12.0 Å². The van der Waals surface area contributed by atoms with Crippen molar-refractivity contribution in [3.8, 4) is 0 Å².